The zero-order valence-electron chi connectivity index (χ0n) is 14.2. The summed E-state index contributed by atoms with van der Waals surface area (Å²) in [6.45, 7) is 5.85. The highest BCUT2D eigenvalue weighted by atomic mass is 16.2. The second-order valence-electron chi connectivity index (χ2n) is 6.71. The van der Waals surface area contributed by atoms with E-state index in [9.17, 15) is 14.9 Å². The number of nitrogens with zero attached hydrogens (tertiary/aromatic N) is 1. The van der Waals surface area contributed by atoms with Crippen molar-refractivity contribution in [1.82, 2.24) is 10.6 Å². The Labute approximate surface area is 133 Å². The van der Waals surface area contributed by atoms with Crippen LogP contribution in [0.3, 0.4) is 0 Å². The molecule has 0 aromatic carbocycles. The van der Waals surface area contributed by atoms with E-state index >= 15 is 0 Å². The molecule has 3 N–H and O–H groups in total. The summed E-state index contributed by atoms with van der Waals surface area (Å²) < 4.78 is 0. The van der Waals surface area contributed by atoms with Crippen molar-refractivity contribution in [2.45, 2.75) is 70.5 Å². The number of quaternary nitrogens is 1. The summed E-state index contributed by atoms with van der Waals surface area (Å²) in [7, 11) is 1.82. The predicted molar refractivity (Wildman–Crippen MR) is 84.1 cm³/mol. The smallest absolute Gasteiger partial charge is 0.279 e. The molecule has 1 rings (SSSR count). The van der Waals surface area contributed by atoms with Crippen LogP contribution >= 0.6 is 0 Å². The van der Waals surface area contributed by atoms with E-state index in [2.05, 4.69) is 16.7 Å². The van der Waals surface area contributed by atoms with Crippen LogP contribution in [0.1, 0.15) is 52.9 Å². The van der Waals surface area contributed by atoms with E-state index < -0.39 is 5.54 Å². The van der Waals surface area contributed by atoms with Gasteiger partial charge in [0.1, 0.15) is 5.54 Å². The second kappa shape index (κ2) is 8.14. The SMILES string of the molecule is CC(C)NC(=O)C[NH+](C)[C@H](C)C(=O)NC1(C#N)CCCCC1. The van der Waals surface area contributed by atoms with Gasteiger partial charge >= 0.3 is 0 Å². The molecule has 1 saturated carbocycles. The summed E-state index contributed by atoms with van der Waals surface area (Å²) in [5, 5.41) is 15.2. The number of hydrogen-bond donors (Lipinski definition) is 3. The number of amides is 2. The first kappa shape index (κ1) is 18.4. The topological polar surface area (TPSA) is 86.4 Å². The standard InChI is InChI=1S/C16H28N4O2/c1-12(2)18-14(21)10-20(4)13(3)15(22)19-16(11-17)8-6-5-7-9-16/h12-13H,5-10H2,1-4H3,(H,18,21)(H,19,22)/p+1/t13-/m1/s1. The van der Waals surface area contributed by atoms with Crippen LogP contribution in [0.15, 0.2) is 0 Å². The Kier molecular flexibility index (Phi) is 6.82. The molecule has 6 heteroatoms. The zero-order chi connectivity index (χ0) is 16.8. The van der Waals surface area contributed by atoms with Gasteiger partial charge in [0.15, 0.2) is 12.6 Å². The summed E-state index contributed by atoms with van der Waals surface area (Å²) in [4.78, 5) is 25.0. The van der Waals surface area contributed by atoms with Crippen LogP contribution in [0.25, 0.3) is 0 Å². The number of rotatable bonds is 6. The molecule has 0 aromatic heterocycles. The molecule has 2 atom stereocenters. The van der Waals surface area contributed by atoms with Crippen LogP contribution in [0.2, 0.25) is 0 Å². The molecule has 1 aliphatic rings. The second-order valence-corrected chi connectivity index (χ2v) is 6.71. The van der Waals surface area contributed by atoms with Crippen molar-refractivity contribution in [1.29, 1.82) is 5.26 Å². The number of nitrogens with one attached hydrogen (secondary N) is 3. The molecule has 1 unspecified atom stereocenters. The average molecular weight is 309 g/mol. The number of carbonyl (C=O) groups excluding carboxylic acids is 2. The molecule has 0 aliphatic heterocycles. The largest absolute Gasteiger partial charge is 0.349 e. The van der Waals surface area contributed by atoms with Gasteiger partial charge in [-0.1, -0.05) is 19.3 Å². The van der Waals surface area contributed by atoms with Gasteiger partial charge in [-0.25, -0.2) is 0 Å². The van der Waals surface area contributed by atoms with Crippen molar-refractivity contribution in [3.05, 3.63) is 0 Å². The molecule has 0 spiro atoms. The highest BCUT2D eigenvalue weighted by Crippen LogP contribution is 2.27. The Bertz CT molecular complexity index is 436. The van der Waals surface area contributed by atoms with E-state index in [-0.39, 0.29) is 30.4 Å². The minimum Gasteiger partial charge on any atom is -0.349 e. The van der Waals surface area contributed by atoms with Gasteiger partial charge < -0.3 is 15.5 Å². The number of nitriles is 1. The van der Waals surface area contributed by atoms with Crippen molar-refractivity contribution in [2.75, 3.05) is 13.6 Å². The fourth-order valence-corrected chi connectivity index (χ4v) is 2.77. The van der Waals surface area contributed by atoms with E-state index in [0.717, 1.165) is 37.0 Å². The van der Waals surface area contributed by atoms with Crippen molar-refractivity contribution in [2.24, 2.45) is 0 Å². The van der Waals surface area contributed by atoms with Crippen LogP contribution in [0, 0.1) is 11.3 Å². The molecular weight excluding hydrogens is 280 g/mol. The molecule has 124 valence electrons. The Morgan fingerprint density at radius 3 is 2.32 bits per heavy atom. The van der Waals surface area contributed by atoms with E-state index in [4.69, 9.17) is 0 Å². The summed E-state index contributed by atoms with van der Waals surface area (Å²) in [5.41, 5.74) is -0.718. The summed E-state index contributed by atoms with van der Waals surface area (Å²) in [6.07, 6.45) is 4.50. The Morgan fingerprint density at radius 2 is 1.82 bits per heavy atom. The van der Waals surface area contributed by atoms with Crippen LogP contribution in [0.5, 0.6) is 0 Å². The summed E-state index contributed by atoms with van der Waals surface area (Å²) >= 11 is 0. The van der Waals surface area contributed by atoms with Crippen LogP contribution < -0.4 is 15.5 Å². The lowest BCUT2D eigenvalue weighted by atomic mass is 9.82. The Morgan fingerprint density at radius 1 is 1.23 bits per heavy atom. The fourth-order valence-electron chi connectivity index (χ4n) is 2.77. The van der Waals surface area contributed by atoms with Gasteiger partial charge in [0, 0.05) is 6.04 Å². The minimum atomic E-state index is -0.718. The van der Waals surface area contributed by atoms with Crippen LogP contribution in [0.4, 0.5) is 0 Å². The summed E-state index contributed by atoms with van der Waals surface area (Å²) in [5.74, 6) is -0.224. The lowest BCUT2D eigenvalue weighted by Crippen LogP contribution is -3.15. The molecular formula is C16H29N4O2+. The predicted octanol–water partition coefficient (Wildman–Crippen LogP) is -0.243. The normalized spacial score (nSPS) is 19.8. The molecule has 0 saturated heterocycles. The van der Waals surface area contributed by atoms with Crippen LogP contribution in [-0.2, 0) is 9.59 Å². The van der Waals surface area contributed by atoms with Gasteiger partial charge in [-0.05, 0) is 33.6 Å². The molecule has 1 aliphatic carbocycles. The quantitative estimate of drug-likeness (QED) is 0.633. The molecule has 0 bridgehead atoms. The lowest BCUT2D eigenvalue weighted by Gasteiger charge is -2.33. The van der Waals surface area contributed by atoms with Crippen LogP contribution in [-0.4, -0.2) is 43.0 Å². The molecule has 0 heterocycles. The van der Waals surface area contributed by atoms with Gasteiger partial charge in [0.2, 0.25) is 0 Å². The maximum atomic E-state index is 12.4. The minimum absolute atomic E-state index is 0.0696. The molecule has 0 aromatic rings. The molecule has 0 radical (unpaired) electrons. The maximum absolute atomic E-state index is 12.4. The molecule has 6 nitrogen and oxygen atoms in total. The van der Waals surface area contributed by atoms with Crippen molar-refractivity contribution in [3.8, 4) is 6.07 Å². The molecule has 2 amide bonds. The average Bonchev–Trinajstić information content (AvgIpc) is 2.46. The van der Waals surface area contributed by atoms with Crippen molar-refractivity contribution < 1.29 is 14.5 Å². The summed E-state index contributed by atoms with van der Waals surface area (Å²) in [6, 6.07) is 2.01. The molecule has 1 fully saturated rings. The fraction of sp³-hybridized carbons (Fsp3) is 0.812. The van der Waals surface area contributed by atoms with E-state index in [1.807, 2.05) is 20.9 Å². The number of carbonyl (C=O) groups is 2. The van der Waals surface area contributed by atoms with E-state index in [1.54, 1.807) is 6.92 Å². The third-order valence-electron chi connectivity index (χ3n) is 4.31. The van der Waals surface area contributed by atoms with E-state index in [0.29, 0.717) is 0 Å². The van der Waals surface area contributed by atoms with Gasteiger partial charge in [0.05, 0.1) is 13.1 Å². The van der Waals surface area contributed by atoms with Crippen molar-refractivity contribution in [3.63, 3.8) is 0 Å². The van der Waals surface area contributed by atoms with Gasteiger partial charge in [-0.3, -0.25) is 9.59 Å². The lowest BCUT2D eigenvalue weighted by molar-refractivity contribution is -0.886. The first-order valence-electron chi connectivity index (χ1n) is 8.14. The molecule has 22 heavy (non-hydrogen) atoms. The first-order valence-corrected chi connectivity index (χ1v) is 8.14. The first-order chi connectivity index (χ1) is 10.3. The Hall–Kier alpha value is -1.61. The third kappa shape index (κ3) is 5.30. The van der Waals surface area contributed by atoms with Gasteiger partial charge in [0.25, 0.3) is 11.8 Å². The maximum Gasteiger partial charge on any atom is 0.279 e. The third-order valence-corrected chi connectivity index (χ3v) is 4.31. The van der Waals surface area contributed by atoms with Crippen molar-refractivity contribution >= 4 is 11.8 Å². The zero-order valence-corrected chi connectivity index (χ0v) is 14.2. The monoisotopic (exact) mass is 309 g/mol. The Balaban J connectivity index is 2.56. The number of hydrogen-bond acceptors (Lipinski definition) is 3. The van der Waals surface area contributed by atoms with Gasteiger partial charge in [-0.2, -0.15) is 5.26 Å². The van der Waals surface area contributed by atoms with Gasteiger partial charge in [-0.15, -0.1) is 0 Å². The highest BCUT2D eigenvalue weighted by molar-refractivity contribution is 5.82. The number of likely N-dealkylation sites (N-methyl/N-ethyl adjacent to an activating group) is 1. The highest BCUT2D eigenvalue weighted by Gasteiger charge is 2.36. The van der Waals surface area contributed by atoms with E-state index in [1.165, 1.54) is 0 Å².